The van der Waals surface area contributed by atoms with Gasteiger partial charge in [-0.25, -0.2) is 0 Å². The molecule has 0 saturated carbocycles. The number of amides is 1. The molecule has 0 radical (unpaired) electrons. The second-order valence-electron chi connectivity index (χ2n) is 5.84. The molecule has 3 nitrogen and oxygen atoms in total. The third-order valence-corrected chi connectivity index (χ3v) is 4.29. The molecule has 0 aliphatic rings. The summed E-state index contributed by atoms with van der Waals surface area (Å²) in [7, 11) is 0. The zero-order chi connectivity index (χ0) is 17.4. The van der Waals surface area contributed by atoms with E-state index in [4.69, 9.17) is 4.74 Å². The van der Waals surface area contributed by atoms with Gasteiger partial charge in [0.25, 0.3) is 0 Å². The van der Waals surface area contributed by atoms with E-state index < -0.39 is 0 Å². The molecule has 0 aliphatic carbocycles. The van der Waals surface area contributed by atoms with Gasteiger partial charge in [0, 0.05) is 16.9 Å². The van der Waals surface area contributed by atoms with E-state index in [0.29, 0.717) is 19.4 Å². The lowest BCUT2D eigenvalue weighted by Gasteiger charge is -2.15. The Morgan fingerprint density at radius 1 is 1.17 bits per heavy atom. The summed E-state index contributed by atoms with van der Waals surface area (Å²) in [6.07, 6.45) is 1.98. The first kappa shape index (κ1) is 18.5. The highest BCUT2D eigenvalue weighted by molar-refractivity contribution is 9.10. The number of aryl methyl sites for hydroxylation is 1. The normalized spacial score (nSPS) is 11.8. The molecule has 2 aromatic rings. The van der Waals surface area contributed by atoms with Crippen LogP contribution in [0.2, 0.25) is 0 Å². The van der Waals surface area contributed by atoms with Gasteiger partial charge >= 0.3 is 0 Å². The van der Waals surface area contributed by atoms with Crippen molar-refractivity contribution in [3.05, 3.63) is 64.1 Å². The van der Waals surface area contributed by atoms with E-state index in [9.17, 15) is 4.79 Å². The van der Waals surface area contributed by atoms with E-state index in [-0.39, 0.29) is 11.9 Å². The van der Waals surface area contributed by atoms with Gasteiger partial charge in [0.1, 0.15) is 5.75 Å². The van der Waals surface area contributed by atoms with Crippen LogP contribution >= 0.6 is 15.9 Å². The van der Waals surface area contributed by atoms with Gasteiger partial charge in [0.05, 0.1) is 6.61 Å². The van der Waals surface area contributed by atoms with E-state index in [1.165, 1.54) is 5.56 Å². The van der Waals surface area contributed by atoms with Crippen molar-refractivity contribution in [3.8, 4) is 5.75 Å². The zero-order valence-corrected chi connectivity index (χ0v) is 15.8. The lowest BCUT2D eigenvalue weighted by molar-refractivity contribution is -0.121. The first-order valence-electron chi connectivity index (χ1n) is 8.33. The monoisotopic (exact) mass is 389 g/mol. The van der Waals surface area contributed by atoms with Crippen molar-refractivity contribution in [2.45, 2.75) is 39.2 Å². The quantitative estimate of drug-likeness (QED) is 0.720. The van der Waals surface area contributed by atoms with E-state index in [1.807, 2.05) is 50.2 Å². The minimum Gasteiger partial charge on any atom is -0.494 e. The SMILES string of the molecule is CCOc1ccccc1CCC(=O)NC(C)Cc1ccc(Br)cc1. The molecule has 0 fully saturated rings. The van der Waals surface area contributed by atoms with Crippen LogP contribution in [0, 0.1) is 0 Å². The fraction of sp³-hybridized carbons (Fsp3) is 0.350. The van der Waals surface area contributed by atoms with E-state index >= 15 is 0 Å². The standard InChI is InChI=1S/C20H24BrNO2/c1-3-24-19-7-5-4-6-17(19)10-13-20(23)22-15(2)14-16-8-11-18(21)12-9-16/h4-9,11-12,15H,3,10,13-14H2,1-2H3,(H,22,23). The molecule has 0 aromatic heterocycles. The second kappa shape index (κ2) is 9.48. The number of halogens is 1. The first-order chi connectivity index (χ1) is 11.6. The minimum absolute atomic E-state index is 0.0749. The van der Waals surface area contributed by atoms with Gasteiger partial charge in [-0.1, -0.05) is 46.3 Å². The van der Waals surface area contributed by atoms with E-state index in [0.717, 1.165) is 22.2 Å². The molecule has 24 heavy (non-hydrogen) atoms. The Kier molecular flexibility index (Phi) is 7.32. The fourth-order valence-electron chi connectivity index (χ4n) is 2.63. The number of hydrogen-bond acceptors (Lipinski definition) is 2. The van der Waals surface area contributed by atoms with Crippen LogP contribution in [0.15, 0.2) is 53.0 Å². The smallest absolute Gasteiger partial charge is 0.220 e. The first-order valence-corrected chi connectivity index (χ1v) is 9.12. The van der Waals surface area contributed by atoms with Crippen LogP contribution in [-0.4, -0.2) is 18.6 Å². The van der Waals surface area contributed by atoms with Crippen molar-refractivity contribution in [3.63, 3.8) is 0 Å². The topological polar surface area (TPSA) is 38.3 Å². The van der Waals surface area contributed by atoms with Crippen LogP contribution in [0.4, 0.5) is 0 Å². The molecule has 1 amide bonds. The maximum Gasteiger partial charge on any atom is 0.220 e. The van der Waals surface area contributed by atoms with Crippen LogP contribution in [0.5, 0.6) is 5.75 Å². The zero-order valence-electron chi connectivity index (χ0n) is 14.2. The van der Waals surface area contributed by atoms with Gasteiger partial charge in [-0.3, -0.25) is 4.79 Å². The number of benzene rings is 2. The van der Waals surface area contributed by atoms with Crippen molar-refractivity contribution in [2.75, 3.05) is 6.61 Å². The van der Waals surface area contributed by atoms with Gasteiger partial charge < -0.3 is 10.1 Å². The van der Waals surface area contributed by atoms with Crippen molar-refractivity contribution in [2.24, 2.45) is 0 Å². The van der Waals surface area contributed by atoms with Gasteiger partial charge in [0.15, 0.2) is 0 Å². The molecule has 1 atom stereocenters. The number of carbonyl (C=O) groups excluding carboxylic acids is 1. The number of para-hydroxylation sites is 1. The summed E-state index contributed by atoms with van der Waals surface area (Å²) in [5.41, 5.74) is 2.29. The fourth-order valence-corrected chi connectivity index (χ4v) is 2.89. The molecule has 128 valence electrons. The molecule has 2 rings (SSSR count). The number of hydrogen-bond donors (Lipinski definition) is 1. The van der Waals surface area contributed by atoms with Crippen molar-refractivity contribution >= 4 is 21.8 Å². The summed E-state index contributed by atoms with van der Waals surface area (Å²) >= 11 is 3.43. The van der Waals surface area contributed by atoms with Crippen molar-refractivity contribution in [1.82, 2.24) is 5.32 Å². The lowest BCUT2D eigenvalue weighted by Crippen LogP contribution is -2.34. The highest BCUT2D eigenvalue weighted by Crippen LogP contribution is 2.19. The van der Waals surface area contributed by atoms with Crippen LogP contribution in [0.3, 0.4) is 0 Å². The molecule has 0 spiro atoms. The summed E-state index contributed by atoms with van der Waals surface area (Å²) in [6, 6.07) is 16.2. The minimum atomic E-state index is 0.0749. The Labute approximate surface area is 152 Å². The molecule has 0 heterocycles. The summed E-state index contributed by atoms with van der Waals surface area (Å²) in [5.74, 6) is 0.946. The summed E-state index contributed by atoms with van der Waals surface area (Å²) in [4.78, 5) is 12.2. The van der Waals surface area contributed by atoms with Crippen molar-refractivity contribution < 1.29 is 9.53 Å². The van der Waals surface area contributed by atoms with Crippen molar-refractivity contribution in [1.29, 1.82) is 0 Å². The Morgan fingerprint density at radius 3 is 2.58 bits per heavy atom. The molecule has 1 unspecified atom stereocenters. The average Bonchev–Trinajstić information content (AvgIpc) is 2.56. The molecule has 4 heteroatoms. The van der Waals surface area contributed by atoms with Crippen LogP contribution in [0.25, 0.3) is 0 Å². The van der Waals surface area contributed by atoms with Gasteiger partial charge in [0.2, 0.25) is 5.91 Å². The molecule has 0 aliphatic heterocycles. The largest absolute Gasteiger partial charge is 0.494 e. The highest BCUT2D eigenvalue weighted by Gasteiger charge is 2.10. The Bertz CT molecular complexity index is 655. The molecular weight excluding hydrogens is 366 g/mol. The molecule has 0 saturated heterocycles. The molecule has 0 bridgehead atoms. The predicted molar refractivity (Wildman–Crippen MR) is 101 cm³/mol. The Balaban J connectivity index is 1.81. The lowest BCUT2D eigenvalue weighted by atomic mass is 10.1. The molecule has 2 aromatic carbocycles. The summed E-state index contributed by atoms with van der Waals surface area (Å²) < 4.78 is 6.67. The maximum atomic E-state index is 12.2. The molecular formula is C20H24BrNO2. The van der Waals surface area contributed by atoms with Crippen LogP contribution in [-0.2, 0) is 17.6 Å². The van der Waals surface area contributed by atoms with Gasteiger partial charge in [-0.15, -0.1) is 0 Å². The summed E-state index contributed by atoms with van der Waals surface area (Å²) in [6.45, 7) is 4.63. The number of carbonyl (C=O) groups is 1. The third-order valence-electron chi connectivity index (χ3n) is 3.76. The number of ether oxygens (including phenoxy) is 1. The van der Waals surface area contributed by atoms with Crippen LogP contribution in [0.1, 0.15) is 31.4 Å². The Hall–Kier alpha value is -1.81. The summed E-state index contributed by atoms with van der Waals surface area (Å²) in [5, 5.41) is 3.07. The number of rotatable bonds is 8. The predicted octanol–water partition coefficient (Wildman–Crippen LogP) is 4.53. The number of nitrogens with one attached hydrogen (secondary N) is 1. The van der Waals surface area contributed by atoms with Gasteiger partial charge in [-0.2, -0.15) is 0 Å². The van der Waals surface area contributed by atoms with E-state index in [2.05, 4.69) is 33.4 Å². The van der Waals surface area contributed by atoms with Crippen LogP contribution < -0.4 is 10.1 Å². The molecule has 1 N–H and O–H groups in total. The maximum absolute atomic E-state index is 12.2. The van der Waals surface area contributed by atoms with E-state index in [1.54, 1.807) is 0 Å². The second-order valence-corrected chi connectivity index (χ2v) is 6.76. The third kappa shape index (κ3) is 6.00. The average molecular weight is 390 g/mol. The highest BCUT2D eigenvalue weighted by atomic mass is 79.9. The van der Waals surface area contributed by atoms with Gasteiger partial charge in [-0.05, 0) is 56.0 Å². The Morgan fingerprint density at radius 2 is 1.88 bits per heavy atom.